The molecule has 2 heteroatoms. The predicted molar refractivity (Wildman–Crippen MR) is 28.4 cm³/mol. The fraction of sp³-hybridized carbons (Fsp3) is 0.750. The number of hydrogen-bond acceptors (Lipinski definition) is 1. The molecule has 1 nitrogen and oxygen atoms in total. The van der Waals surface area contributed by atoms with Crippen LogP contribution in [0, 0.1) is 0 Å². The zero-order valence-corrected chi connectivity index (χ0v) is 6.69. The van der Waals surface area contributed by atoms with Gasteiger partial charge in [0.05, 0.1) is 0 Å². The van der Waals surface area contributed by atoms with Crippen LogP contribution in [0.5, 0.6) is 0 Å². The Hall–Kier alpha value is 0.306. The molecule has 0 aliphatic rings. The van der Waals surface area contributed by atoms with Crippen LogP contribution in [0.15, 0.2) is 0 Å². The van der Waals surface area contributed by atoms with Crippen molar-refractivity contribution < 1.29 is 4.79 Å². The fourth-order valence-corrected chi connectivity index (χ4v) is 1.00. The first-order valence-electron chi connectivity index (χ1n) is 2.21. The summed E-state index contributed by atoms with van der Waals surface area (Å²) in [6.07, 6.45) is 1.03. The Morgan fingerprint density at radius 2 is 2.17 bits per heavy atom. The molecule has 0 aromatic rings. The number of rotatable bonds is 2. The molecule has 0 aromatic carbocycles. The number of hydrogen-bond donors (Lipinski definition) is 0. The van der Waals surface area contributed by atoms with E-state index in [-0.39, 0.29) is 0 Å². The Balaban J connectivity index is 2.81. The van der Waals surface area contributed by atoms with E-state index >= 15 is 0 Å². The zero-order valence-electron chi connectivity index (χ0n) is 4.27. The molecule has 0 spiro atoms. The van der Waals surface area contributed by atoms with Gasteiger partial charge in [-0.25, -0.2) is 0 Å². The van der Waals surface area contributed by atoms with Crippen molar-refractivity contribution in [1.82, 2.24) is 0 Å². The van der Waals surface area contributed by atoms with Gasteiger partial charge >= 0.3 is 43.2 Å². The second kappa shape index (κ2) is 3.49. The van der Waals surface area contributed by atoms with Gasteiger partial charge in [-0.3, -0.25) is 0 Å². The summed E-state index contributed by atoms with van der Waals surface area (Å²) in [4.78, 5) is 10.5. The molecule has 0 radical (unpaired) electrons. The quantitative estimate of drug-likeness (QED) is 0.415. The summed E-state index contributed by atoms with van der Waals surface area (Å²) in [5, 5.41) is 0. The molecule has 0 heterocycles. The van der Waals surface area contributed by atoms with Crippen LogP contribution < -0.4 is 0 Å². The van der Waals surface area contributed by atoms with Crippen LogP contribution in [-0.2, 0) is 4.79 Å². The molecule has 0 fully saturated rings. The van der Waals surface area contributed by atoms with Crippen molar-refractivity contribution in [2.45, 2.75) is 15.9 Å². The first kappa shape index (κ1) is 6.31. The topological polar surface area (TPSA) is 17.1 Å². The third-order valence-corrected chi connectivity index (χ3v) is 2.95. The SMILES string of the molecule is [CH3][Ga]([CH3])[CH2]C=O. The van der Waals surface area contributed by atoms with Crippen molar-refractivity contribution in [3.05, 3.63) is 0 Å². The standard InChI is InChI=1S/C2H3O.2CH3.Ga/c1-2-3;;;/h2H,1H2;2*1H3;. The minimum atomic E-state index is -0.913. The van der Waals surface area contributed by atoms with Gasteiger partial charge in [-0.1, -0.05) is 0 Å². The molecule has 0 bridgehead atoms. The van der Waals surface area contributed by atoms with Crippen LogP contribution in [0.1, 0.15) is 0 Å². The average Bonchev–Trinajstić information content (AvgIpc) is 1.35. The van der Waals surface area contributed by atoms with Crippen LogP contribution in [0.3, 0.4) is 0 Å². The van der Waals surface area contributed by atoms with E-state index in [1.807, 2.05) is 0 Å². The van der Waals surface area contributed by atoms with E-state index in [0.717, 1.165) is 11.3 Å². The van der Waals surface area contributed by atoms with Crippen molar-refractivity contribution in [2.75, 3.05) is 0 Å². The van der Waals surface area contributed by atoms with E-state index in [1.165, 1.54) is 0 Å². The maximum absolute atomic E-state index is 9.66. The molecule has 0 rings (SSSR count). The molecule has 0 aliphatic heterocycles. The number of aldehydes is 1. The van der Waals surface area contributed by atoms with Gasteiger partial charge < -0.3 is 0 Å². The van der Waals surface area contributed by atoms with E-state index in [4.69, 9.17) is 0 Å². The van der Waals surface area contributed by atoms with Gasteiger partial charge in [0.2, 0.25) is 0 Å². The second-order valence-electron chi connectivity index (χ2n) is 1.80. The normalized spacial score (nSPS) is 7.67. The molecule has 0 amide bonds. The summed E-state index contributed by atoms with van der Waals surface area (Å²) in [6, 6.07) is 0. The molecule has 0 aromatic heterocycles. The van der Waals surface area contributed by atoms with Gasteiger partial charge in [0.15, 0.2) is 0 Å². The Labute approximate surface area is 43.8 Å². The van der Waals surface area contributed by atoms with Gasteiger partial charge in [-0.05, 0) is 0 Å². The monoisotopic (exact) mass is 142 g/mol. The van der Waals surface area contributed by atoms with Gasteiger partial charge in [0, 0.05) is 0 Å². The van der Waals surface area contributed by atoms with Crippen LogP contribution in [0.2, 0.25) is 15.9 Å². The Morgan fingerprint density at radius 3 is 2.17 bits per heavy atom. The molecule has 0 N–H and O–H groups in total. The van der Waals surface area contributed by atoms with Crippen LogP contribution in [0.25, 0.3) is 0 Å². The Kier molecular flexibility index (Phi) is 3.67. The van der Waals surface area contributed by atoms with E-state index in [1.54, 1.807) is 0 Å². The van der Waals surface area contributed by atoms with Crippen molar-refractivity contribution in [1.29, 1.82) is 0 Å². The predicted octanol–water partition coefficient (Wildman–Crippen LogP) is 0.940. The molecule has 6 heavy (non-hydrogen) atoms. The Morgan fingerprint density at radius 1 is 1.67 bits per heavy atom. The van der Waals surface area contributed by atoms with Crippen LogP contribution >= 0.6 is 0 Å². The van der Waals surface area contributed by atoms with Crippen molar-refractivity contribution in [2.24, 2.45) is 0 Å². The molecule has 0 saturated heterocycles. The summed E-state index contributed by atoms with van der Waals surface area (Å²) < 4.78 is 0. The maximum atomic E-state index is 9.66. The average molecular weight is 143 g/mol. The van der Waals surface area contributed by atoms with E-state index in [9.17, 15) is 4.79 Å². The van der Waals surface area contributed by atoms with Gasteiger partial charge in [0.25, 0.3) is 0 Å². The summed E-state index contributed by atoms with van der Waals surface area (Å²) in [5.74, 6) is 0. The van der Waals surface area contributed by atoms with E-state index < -0.39 is 16.2 Å². The number of carbonyl (C=O) groups is 1. The first-order valence-corrected chi connectivity index (χ1v) is 8.77. The molecule has 0 atom stereocenters. The molecular weight excluding hydrogens is 134 g/mol. The fourth-order valence-electron chi connectivity index (χ4n) is 0.192. The molecule has 0 unspecified atom stereocenters. The molecule has 0 aliphatic carbocycles. The third-order valence-electron chi connectivity index (χ3n) is 0.568. The summed E-state index contributed by atoms with van der Waals surface area (Å²) in [5.41, 5.74) is 4.42. The minimum absolute atomic E-state index is 0.882. The van der Waals surface area contributed by atoms with Crippen molar-refractivity contribution in [3.63, 3.8) is 0 Å². The summed E-state index contributed by atoms with van der Waals surface area (Å²) in [6.45, 7) is 0. The van der Waals surface area contributed by atoms with Crippen molar-refractivity contribution >= 4 is 22.5 Å². The molecule has 34 valence electrons. The van der Waals surface area contributed by atoms with Crippen molar-refractivity contribution in [3.8, 4) is 0 Å². The summed E-state index contributed by atoms with van der Waals surface area (Å²) >= 11 is -0.913. The summed E-state index contributed by atoms with van der Waals surface area (Å²) in [7, 11) is 0. The molecular formula is C4H9GaO. The first-order chi connectivity index (χ1) is 2.77. The second-order valence-corrected chi connectivity index (χ2v) is 8.63. The molecule has 0 saturated carbocycles. The van der Waals surface area contributed by atoms with Gasteiger partial charge in [-0.2, -0.15) is 0 Å². The van der Waals surface area contributed by atoms with Gasteiger partial charge in [-0.15, -0.1) is 0 Å². The third kappa shape index (κ3) is 4.31. The van der Waals surface area contributed by atoms with Gasteiger partial charge in [0.1, 0.15) is 0 Å². The van der Waals surface area contributed by atoms with Crippen LogP contribution in [0.4, 0.5) is 0 Å². The zero-order chi connectivity index (χ0) is 4.99. The van der Waals surface area contributed by atoms with E-state index in [0.29, 0.717) is 0 Å². The number of carbonyl (C=O) groups excluding carboxylic acids is 1. The Bertz CT molecular complexity index is 42.8. The van der Waals surface area contributed by atoms with E-state index in [2.05, 4.69) is 11.0 Å². The van der Waals surface area contributed by atoms with Crippen LogP contribution in [-0.4, -0.2) is 22.5 Å².